The molecule has 0 saturated carbocycles. The second kappa shape index (κ2) is 9.13. The maximum absolute atomic E-state index is 14.3. The number of amides is 1. The highest BCUT2D eigenvalue weighted by molar-refractivity contribution is 5.99. The summed E-state index contributed by atoms with van der Waals surface area (Å²) in [4.78, 5) is 14.6. The lowest BCUT2D eigenvalue weighted by Crippen LogP contribution is -2.28. The molecule has 0 radical (unpaired) electrons. The van der Waals surface area contributed by atoms with Gasteiger partial charge in [0.2, 0.25) is 0 Å². The zero-order valence-corrected chi connectivity index (χ0v) is 17.8. The van der Waals surface area contributed by atoms with E-state index in [0.717, 1.165) is 29.2 Å². The van der Waals surface area contributed by atoms with Gasteiger partial charge in [-0.2, -0.15) is 5.10 Å². The standard InChI is InChI=1S/C24H22F2N4O2/c1-29(12-6-9-18-14-22(28-32-18)16-7-4-3-5-8-16)24(31)20-15-30(2)27-23(20)19-11-10-17(25)13-21(19)26/h3-5,7-8,10-11,13-15H,6,9,12H2,1-2H3. The summed E-state index contributed by atoms with van der Waals surface area (Å²) >= 11 is 0. The van der Waals surface area contributed by atoms with E-state index in [1.165, 1.54) is 10.7 Å². The largest absolute Gasteiger partial charge is 0.361 e. The van der Waals surface area contributed by atoms with E-state index in [2.05, 4.69) is 10.3 Å². The summed E-state index contributed by atoms with van der Waals surface area (Å²) in [5.74, 6) is -1.01. The number of benzene rings is 2. The average Bonchev–Trinajstić information content (AvgIpc) is 3.40. The SMILES string of the molecule is CN(CCCc1cc(-c2ccccc2)no1)C(=O)c1cn(C)nc1-c1ccc(F)cc1F. The van der Waals surface area contributed by atoms with Crippen LogP contribution in [0.3, 0.4) is 0 Å². The Kier molecular flexibility index (Phi) is 6.11. The van der Waals surface area contributed by atoms with Gasteiger partial charge in [-0.1, -0.05) is 35.5 Å². The van der Waals surface area contributed by atoms with E-state index in [1.807, 2.05) is 36.4 Å². The first-order chi connectivity index (χ1) is 15.4. The molecule has 4 aromatic rings. The van der Waals surface area contributed by atoms with Gasteiger partial charge in [0.15, 0.2) is 0 Å². The summed E-state index contributed by atoms with van der Waals surface area (Å²) in [6.45, 7) is 0.459. The Morgan fingerprint density at radius 2 is 1.91 bits per heavy atom. The fourth-order valence-corrected chi connectivity index (χ4v) is 3.50. The maximum atomic E-state index is 14.3. The van der Waals surface area contributed by atoms with Crippen LogP contribution in [-0.2, 0) is 13.5 Å². The van der Waals surface area contributed by atoms with Crippen LogP contribution in [0.25, 0.3) is 22.5 Å². The molecule has 6 nitrogen and oxygen atoms in total. The smallest absolute Gasteiger partial charge is 0.257 e. The fourth-order valence-electron chi connectivity index (χ4n) is 3.50. The van der Waals surface area contributed by atoms with Gasteiger partial charge in [-0.25, -0.2) is 8.78 Å². The molecule has 0 aliphatic rings. The Morgan fingerprint density at radius 3 is 2.66 bits per heavy atom. The molecule has 4 rings (SSSR count). The minimum absolute atomic E-state index is 0.0823. The van der Waals surface area contributed by atoms with E-state index >= 15 is 0 Å². The van der Waals surface area contributed by atoms with Crippen molar-refractivity contribution in [3.05, 3.63) is 83.8 Å². The van der Waals surface area contributed by atoms with Crippen LogP contribution in [0.4, 0.5) is 8.78 Å². The number of nitrogens with zero attached hydrogens (tertiary/aromatic N) is 4. The lowest BCUT2D eigenvalue weighted by molar-refractivity contribution is 0.0793. The molecule has 8 heteroatoms. The second-order valence-corrected chi connectivity index (χ2v) is 7.56. The van der Waals surface area contributed by atoms with Crippen LogP contribution >= 0.6 is 0 Å². The number of halogens is 2. The lowest BCUT2D eigenvalue weighted by Gasteiger charge is -2.16. The molecule has 0 aliphatic carbocycles. The first-order valence-corrected chi connectivity index (χ1v) is 10.2. The van der Waals surface area contributed by atoms with Crippen molar-refractivity contribution in [1.29, 1.82) is 0 Å². The number of carbonyl (C=O) groups excluding carboxylic acids is 1. The lowest BCUT2D eigenvalue weighted by atomic mass is 10.1. The summed E-state index contributed by atoms with van der Waals surface area (Å²) < 4.78 is 34.4. The zero-order chi connectivity index (χ0) is 22.7. The number of hydrogen-bond acceptors (Lipinski definition) is 4. The van der Waals surface area contributed by atoms with Crippen LogP contribution in [0.2, 0.25) is 0 Å². The molecule has 2 heterocycles. The molecule has 0 atom stereocenters. The van der Waals surface area contributed by atoms with Crippen LogP contribution in [-0.4, -0.2) is 39.3 Å². The topological polar surface area (TPSA) is 64.2 Å². The van der Waals surface area contributed by atoms with Crippen molar-refractivity contribution >= 4 is 5.91 Å². The normalized spacial score (nSPS) is 11.0. The molecule has 2 aromatic carbocycles. The minimum atomic E-state index is -0.764. The summed E-state index contributed by atoms with van der Waals surface area (Å²) in [5.41, 5.74) is 2.27. The third kappa shape index (κ3) is 4.59. The molecule has 0 bridgehead atoms. The molecule has 32 heavy (non-hydrogen) atoms. The molecule has 1 amide bonds. The Balaban J connectivity index is 1.41. The molecular formula is C24H22F2N4O2. The van der Waals surface area contributed by atoms with Crippen LogP contribution in [0.15, 0.2) is 65.3 Å². The predicted molar refractivity (Wildman–Crippen MR) is 116 cm³/mol. The maximum Gasteiger partial charge on any atom is 0.257 e. The number of carbonyl (C=O) groups is 1. The molecule has 0 fully saturated rings. The Bertz CT molecular complexity index is 1230. The first kappa shape index (κ1) is 21.4. The zero-order valence-electron chi connectivity index (χ0n) is 17.8. The van der Waals surface area contributed by atoms with Crippen LogP contribution in [0, 0.1) is 11.6 Å². The molecule has 164 valence electrons. The first-order valence-electron chi connectivity index (χ1n) is 10.2. The highest BCUT2D eigenvalue weighted by atomic mass is 19.1. The van der Waals surface area contributed by atoms with Crippen molar-refractivity contribution in [2.24, 2.45) is 7.05 Å². The Hall–Kier alpha value is -3.81. The van der Waals surface area contributed by atoms with E-state index in [1.54, 1.807) is 25.2 Å². The number of aryl methyl sites for hydroxylation is 2. The molecule has 2 aromatic heterocycles. The fraction of sp³-hybridized carbons (Fsp3) is 0.208. The summed E-state index contributed by atoms with van der Waals surface area (Å²) in [5, 5.41) is 8.32. The quantitative estimate of drug-likeness (QED) is 0.420. The van der Waals surface area contributed by atoms with Gasteiger partial charge in [0, 0.05) is 56.5 Å². The van der Waals surface area contributed by atoms with Crippen molar-refractivity contribution in [2.75, 3.05) is 13.6 Å². The van der Waals surface area contributed by atoms with Gasteiger partial charge in [-0.15, -0.1) is 0 Å². The van der Waals surface area contributed by atoms with Crippen LogP contribution in [0.5, 0.6) is 0 Å². The minimum Gasteiger partial charge on any atom is -0.361 e. The van der Waals surface area contributed by atoms with Gasteiger partial charge in [-0.3, -0.25) is 9.48 Å². The van der Waals surface area contributed by atoms with Crippen LogP contribution < -0.4 is 0 Å². The third-order valence-corrected chi connectivity index (χ3v) is 5.14. The van der Waals surface area contributed by atoms with Crippen molar-refractivity contribution < 1.29 is 18.1 Å². The highest BCUT2D eigenvalue weighted by Gasteiger charge is 2.22. The van der Waals surface area contributed by atoms with Crippen LogP contribution in [0.1, 0.15) is 22.5 Å². The molecule has 0 unspecified atom stereocenters. The van der Waals surface area contributed by atoms with E-state index in [-0.39, 0.29) is 22.7 Å². The third-order valence-electron chi connectivity index (χ3n) is 5.14. The number of rotatable bonds is 7. The van der Waals surface area contributed by atoms with Crippen molar-refractivity contribution in [2.45, 2.75) is 12.8 Å². The van der Waals surface area contributed by atoms with E-state index in [9.17, 15) is 13.6 Å². The Morgan fingerprint density at radius 1 is 1.12 bits per heavy atom. The van der Waals surface area contributed by atoms with Gasteiger partial charge in [0.25, 0.3) is 5.91 Å². The predicted octanol–water partition coefficient (Wildman–Crippen LogP) is 4.73. The van der Waals surface area contributed by atoms with Gasteiger partial charge in [0.05, 0.1) is 5.56 Å². The van der Waals surface area contributed by atoms with Crippen molar-refractivity contribution in [1.82, 2.24) is 19.8 Å². The van der Waals surface area contributed by atoms with E-state index in [0.29, 0.717) is 19.4 Å². The van der Waals surface area contributed by atoms with Crippen molar-refractivity contribution in [3.8, 4) is 22.5 Å². The summed E-state index contributed by atoms with van der Waals surface area (Å²) in [6, 6.07) is 14.9. The van der Waals surface area contributed by atoms with Gasteiger partial charge in [0.1, 0.15) is 28.8 Å². The van der Waals surface area contributed by atoms with Gasteiger partial charge < -0.3 is 9.42 Å². The van der Waals surface area contributed by atoms with E-state index < -0.39 is 11.6 Å². The summed E-state index contributed by atoms with van der Waals surface area (Å²) in [6.07, 6.45) is 2.82. The van der Waals surface area contributed by atoms with Gasteiger partial charge in [-0.05, 0) is 18.6 Å². The van der Waals surface area contributed by atoms with E-state index in [4.69, 9.17) is 4.52 Å². The molecule has 0 saturated heterocycles. The molecular weight excluding hydrogens is 414 g/mol. The monoisotopic (exact) mass is 436 g/mol. The van der Waals surface area contributed by atoms with Gasteiger partial charge >= 0.3 is 0 Å². The summed E-state index contributed by atoms with van der Waals surface area (Å²) in [7, 11) is 3.33. The van der Waals surface area contributed by atoms with Crippen molar-refractivity contribution in [3.63, 3.8) is 0 Å². The molecule has 0 spiro atoms. The number of aromatic nitrogens is 3. The Labute approximate surface area is 184 Å². The average molecular weight is 436 g/mol. The molecule has 0 aliphatic heterocycles. The number of hydrogen-bond donors (Lipinski definition) is 0. The second-order valence-electron chi connectivity index (χ2n) is 7.56. The molecule has 0 N–H and O–H groups in total. The highest BCUT2D eigenvalue weighted by Crippen LogP contribution is 2.26.